The summed E-state index contributed by atoms with van der Waals surface area (Å²) in [5.74, 6) is 1.18. The van der Waals surface area contributed by atoms with Crippen LogP contribution in [-0.2, 0) is 17.6 Å². The molecule has 0 saturated heterocycles. The van der Waals surface area contributed by atoms with Crippen LogP contribution in [0.2, 0.25) is 0 Å². The van der Waals surface area contributed by atoms with Crippen LogP contribution in [0.3, 0.4) is 0 Å². The molecule has 0 spiro atoms. The van der Waals surface area contributed by atoms with Crippen molar-refractivity contribution in [1.29, 1.82) is 0 Å². The fraction of sp³-hybridized carbons (Fsp3) is 0.450. The number of furan rings is 1. The summed E-state index contributed by atoms with van der Waals surface area (Å²) in [7, 11) is 0. The number of benzene rings is 1. The number of hydrogen-bond donors (Lipinski definition) is 0. The van der Waals surface area contributed by atoms with E-state index in [1.54, 1.807) is 6.26 Å². The summed E-state index contributed by atoms with van der Waals surface area (Å²) in [6.07, 6.45) is 8.65. The number of carbonyl (C=O) groups is 1. The van der Waals surface area contributed by atoms with Gasteiger partial charge in [0.25, 0.3) is 0 Å². The lowest BCUT2D eigenvalue weighted by atomic mass is 9.86. The van der Waals surface area contributed by atoms with E-state index in [1.807, 2.05) is 12.1 Å². The van der Waals surface area contributed by atoms with E-state index in [4.69, 9.17) is 4.42 Å². The molecule has 4 rings (SSSR count). The maximum Gasteiger partial charge on any atom is 0.223 e. The second-order valence-electron chi connectivity index (χ2n) is 6.72. The largest absolute Gasteiger partial charge is 0.469 e. The van der Waals surface area contributed by atoms with Crippen LogP contribution in [0, 0.1) is 0 Å². The van der Waals surface area contributed by atoms with Crippen LogP contribution in [0.4, 0.5) is 0 Å². The molecule has 2 aliphatic rings. The molecule has 120 valence electrons. The number of carbonyl (C=O) groups excluding carboxylic acids is 1. The van der Waals surface area contributed by atoms with Crippen molar-refractivity contribution in [1.82, 2.24) is 4.90 Å². The molecule has 1 heterocycles. The third kappa shape index (κ3) is 3.05. The SMILES string of the molecule is O=C(CCc1ccco1)N(C1CC1)C1CCCc2ccccc21. The first-order valence-corrected chi connectivity index (χ1v) is 8.74. The Morgan fingerprint density at radius 3 is 2.78 bits per heavy atom. The highest BCUT2D eigenvalue weighted by atomic mass is 16.3. The molecule has 1 unspecified atom stereocenters. The minimum absolute atomic E-state index is 0.275. The zero-order chi connectivity index (χ0) is 15.6. The molecule has 2 aliphatic carbocycles. The van der Waals surface area contributed by atoms with Gasteiger partial charge in [-0.15, -0.1) is 0 Å². The smallest absolute Gasteiger partial charge is 0.223 e. The van der Waals surface area contributed by atoms with Gasteiger partial charge >= 0.3 is 0 Å². The number of aryl methyl sites for hydroxylation is 2. The maximum absolute atomic E-state index is 12.9. The van der Waals surface area contributed by atoms with Crippen LogP contribution in [0.25, 0.3) is 0 Å². The first-order valence-electron chi connectivity index (χ1n) is 8.74. The fourth-order valence-electron chi connectivity index (χ4n) is 3.82. The molecule has 1 atom stereocenters. The average molecular weight is 309 g/mol. The Labute approximate surface area is 137 Å². The van der Waals surface area contributed by atoms with E-state index < -0.39 is 0 Å². The second-order valence-corrected chi connectivity index (χ2v) is 6.72. The van der Waals surface area contributed by atoms with Crippen LogP contribution in [-0.4, -0.2) is 16.8 Å². The van der Waals surface area contributed by atoms with Crippen molar-refractivity contribution >= 4 is 5.91 Å². The van der Waals surface area contributed by atoms with E-state index in [9.17, 15) is 4.79 Å². The number of amides is 1. The Morgan fingerprint density at radius 2 is 2.00 bits per heavy atom. The molecule has 1 aromatic carbocycles. The van der Waals surface area contributed by atoms with Crippen molar-refractivity contribution in [3.8, 4) is 0 Å². The number of hydrogen-bond acceptors (Lipinski definition) is 2. The van der Waals surface area contributed by atoms with Crippen molar-refractivity contribution in [2.24, 2.45) is 0 Å². The van der Waals surface area contributed by atoms with E-state index in [0.29, 0.717) is 18.9 Å². The first kappa shape index (κ1) is 14.6. The Kier molecular flexibility index (Phi) is 3.94. The number of rotatable bonds is 5. The molecule has 0 bridgehead atoms. The number of fused-ring (bicyclic) bond motifs is 1. The summed E-state index contributed by atoms with van der Waals surface area (Å²) >= 11 is 0. The van der Waals surface area contributed by atoms with Crippen LogP contribution < -0.4 is 0 Å². The molecule has 1 saturated carbocycles. The van der Waals surface area contributed by atoms with Gasteiger partial charge in [0.15, 0.2) is 0 Å². The van der Waals surface area contributed by atoms with Gasteiger partial charge in [-0.2, -0.15) is 0 Å². The van der Waals surface area contributed by atoms with E-state index in [1.165, 1.54) is 17.5 Å². The highest BCUT2D eigenvalue weighted by Crippen LogP contribution is 2.41. The topological polar surface area (TPSA) is 33.5 Å². The Bertz CT molecular complexity index is 673. The van der Waals surface area contributed by atoms with Crippen molar-refractivity contribution in [3.63, 3.8) is 0 Å². The standard InChI is InChI=1S/C20H23NO2/c22-20(13-12-17-7-4-14-23-17)21(16-10-11-16)19-9-3-6-15-5-1-2-8-18(15)19/h1-2,4-5,7-8,14,16,19H,3,6,9-13H2. The summed E-state index contributed by atoms with van der Waals surface area (Å²) in [6, 6.07) is 13.2. The van der Waals surface area contributed by atoms with Crippen molar-refractivity contribution < 1.29 is 9.21 Å². The first-order chi connectivity index (χ1) is 11.3. The zero-order valence-electron chi connectivity index (χ0n) is 13.4. The molecule has 3 nitrogen and oxygen atoms in total. The Morgan fingerprint density at radius 1 is 1.13 bits per heavy atom. The highest BCUT2D eigenvalue weighted by molar-refractivity contribution is 5.77. The normalized spacial score (nSPS) is 20.1. The average Bonchev–Trinajstić information content (AvgIpc) is 3.27. The second kappa shape index (κ2) is 6.23. The minimum atomic E-state index is 0.275. The molecular formula is C20H23NO2. The van der Waals surface area contributed by atoms with Gasteiger partial charge in [-0.1, -0.05) is 24.3 Å². The molecule has 1 aromatic heterocycles. The zero-order valence-corrected chi connectivity index (χ0v) is 13.4. The van der Waals surface area contributed by atoms with E-state index in [-0.39, 0.29) is 11.9 Å². The molecule has 3 heteroatoms. The van der Waals surface area contributed by atoms with Gasteiger partial charge < -0.3 is 9.32 Å². The van der Waals surface area contributed by atoms with Crippen molar-refractivity contribution in [2.75, 3.05) is 0 Å². The summed E-state index contributed by atoms with van der Waals surface area (Å²) in [5.41, 5.74) is 2.80. The Hall–Kier alpha value is -2.03. The maximum atomic E-state index is 12.9. The predicted octanol–water partition coefficient (Wildman–Crippen LogP) is 4.28. The van der Waals surface area contributed by atoms with Crippen LogP contribution in [0.1, 0.15) is 55.0 Å². The highest BCUT2D eigenvalue weighted by Gasteiger charge is 2.39. The quantitative estimate of drug-likeness (QED) is 0.826. The summed E-state index contributed by atoms with van der Waals surface area (Å²) < 4.78 is 5.37. The predicted molar refractivity (Wildman–Crippen MR) is 89.0 cm³/mol. The molecule has 0 N–H and O–H groups in total. The molecule has 0 aliphatic heterocycles. The van der Waals surface area contributed by atoms with Gasteiger partial charge in [-0.05, 0) is 55.4 Å². The van der Waals surface area contributed by atoms with Gasteiger partial charge in [0.1, 0.15) is 5.76 Å². The van der Waals surface area contributed by atoms with Gasteiger partial charge in [0.05, 0.1) is 12.3 Å². The third-order valence-electron chi connectivity index (χ3n) is 5.07. The molecule has 23 heavy (non-hydrogen) atoms. The van der Waals surface area contributed by atoms with Gasteiger partial charge in [-0.3, -0.25) is 4.79 Å². The fourth-order valence-corrected chi connectivity index (χ4v) is 3.82. The molecule has 1 fully saturated rings. The van der Waals surface area contributed by atoms with E-state index in [2.05, 4.69) is 29.2 Å². The van der Waals surface area contributed by atoms with Crippen LogP contribution >= 0.6 is 0 Å². The van der Waals surface area contributed by atoms with E-state index >= 15 is 0 Å². The van der Waals surface area contributed by atoms with Gasteiger partial charge in [0, 0.05) is 18.9 Å². The van der Waals surface area contributed by atoms with Crippen molar-refractivity contribution in [2.45, 2.75) is 57.0 Å². The molecule has 0 radical (unpaired) electrons. The van der Waals surface area contributed by atoms with Crippen molar-refractivity contribution in [3.05, 3.63) is 59.5 Å². The molecular weight excluding hydrogens is 286 g/mol. The lowest BCUT2D eigenvalue weighted by Gasteiger charge is -2.36. The Balaban J connectivity index is 1.53. The van der Waals surface area contributed by atoms with Gasteiger partial charge in [-0.25, -0.2) is 0 Å². The summed E-state index contributed by atoms with van der Waals surface area (Å²) in [6.45, 7) is 0. The third-order valence-corrected chi connectivity index (χ3v) is 5.07. The monoisotopic (exact) mass is 309 g/mol. The van der Waals surface area contributed by atoms with Crippen LogP contribution in [0.5, 0.6) is 0 Å². The summed E-state index contributed by atoms with van der Waals surface area (Å²) in [5, 5.41) is 0. The van der Waals surface area contributed by atoms with E-state index in [0.717, 1.165) is 31.4 Å². The lowest BCUT2D eigenvalue weighted by molar-refractivity contribution is -0.134. The lowest BCUT2D eigenvalue weighted by Crippen LogP contribution is -2.38. The minimum Gasteiger partial charge on any atom is -0.469 e. The molecule has 1 amide bonds. The summed E-state index contributed by atoms with van der Waals surface area (Å²) in [4.78, 5) is 15.1. The number of nitrogens with zero attached hydrogens (tertiary/aromatic N) is 1. The molecule has 2 aromatic rings. The van der Waals surface area contributed by atoms with Crippen LogP contribution in [0.15, 0.2) is 47.1 Å². The van der Waals surface area contributed by atoms with Gasteiger partial charge in [0.2, 0.25) is 5.91 Å².